The summed E-state index contributed by atoms with van der Waals surface area (Å²) in [5.74, 6) is -1.24. The molecule has 1 aliphatic rings. The van der Waals surface area contributed by atoms with Crippen LogP contribution < -0.4 is 10.2 Å². The third-order valence-corrected chi connectivity index (χ3v) is 10.2. The number of rotatable bonds is 9. The molecule has 11 heteroatoms. The monoisotopic (exact) mass is 612 g/mol. The minimum Gasteiger partial charge on any atom is -0.298 e. The molecule has 0 spiro atoms. The average Bonchev–Trinajstić information content (AvgIpc) is 3.53. The van der Waals surface area contributed by atoms with E-state index >= 15 is 0 Å². The molecule has 218 valence electrons. The second kappa shape index (κ2) is 11.3. The van der Waals surface area contributed by atoms with Crippen LogP contribution in [-0.2, 0) is 10.0 Å². The van der Waals surface area contributed by atoms with Crippen LogP contribution in [-0.4, -0.2) is 48.5 Å². The van der Waals surface area contributed by atoms with Crippen molar-refractivity contribution in [3.8, 4) is 0 Å². The maximum atomic E-state index is 13.5. The van der Waals surface area contributed by atoms with Crippen molar-refractivity contribution in [3.63, 3.8) is 0 Å². The first-order valence-electron chi connectivity index (χ1n) is 14.0. The molecule has 3 amide bonds. The fourth-order valence-corrected chi connectivity index (χ4v) is 7.99. The number of benzene rings is 4. The zero-order chi connectivity index (χ0) is 30.3. The van der Waals surface area contributed by atoms with E-state index in [4.69, 9.17) is 0 Å². The summed E-state index contributed by atoms with van der Waals surface area (Å²) in [6.45, 7) is 4.78. The molecule has 43 heavy (non-hydrogen) atoms. The molecule has 4 aromatic carbocycles. The molecule has 0 fully saturated rings. The van der Waals surface area contributed by atoms with E-state index < -0.39 is 27.7 Å². The van der Waals surface area contributed by atoms with Gasteiger partial charge in [-0.3, -0.25) is 19.7 Å². The number of aromatic nitrogens is 1. The lowest BCUT2D eigenvalue weighted by Gasteiger charge is -2.20. The Morgan fingerprint density at radius 1 is 0.860 bits per heavy atom. The molecule has 1 N–H and O–H groups in total. The summed E-state index contributed by atoms with van der Waals surface area (Å²) in [5.41, 5.74) is 1.99. The van der Waals surface area contributed by atoms with Gasteiger partial charge >= 0.3 is 0 Å². The van der Waals surface area contributed by atoms with Gasteiger partial charge in [0.2, 0.25) is 10.0 Å². The molecular formula is C32H28N4O5S2. The number of thiazole rings is 1. The van der Waals surface area contributed by atoms with Crippen molar-refractivity contribution in [1.29, 1.82) is 0 Å². The second-order valence-electron chi connectivity index (χ2n) is 10.2. The van der Waals surface area contributed by atoms with Gasteiger partial charge in [0, 0.05) is 24.0 Å². The molecule has 0 atom stereocenters. The van der Waals surface area contributed by atoms with E-state index in [0.717, 1.165) is 4.90 Å². The SMILES string of the molecule is CCCN(CCC)S(=O)(=O)c1ccc2nc(NC(=O)c3ccc(N4C(=O)c5ccccc5C4=O)c4ccccc34)sc2c1. The van der Waals surface area contributed by atoms with E-state index in [1.165, 1.54) is 15.6 Å². The number of carbonyl (C=O) groups excluding carboxylic acids is 3. The Morgan fingerprint density at radius 2 is 1.49 bits per heavy atom. The number of anilines is 2. The van der Waals surface area contributed by atoms with Crippen LogP contribution in [0, 0.1) is 0 Å². The summed E-state index contributed by atoms with van der Waals surface area (Å²) in [7, 11) is -3.66. The van der Waals surface area contributed by atoms with E-state index in [1.54, 1.807) is 78.9 Å². The zero-order valence-electron chi connectivity index (χ0n) is 23.5. The Morgan fingerprint density at radius 3 is 2.14 bits per heavy atom. The quantitative estimate of drug-likeness (QED) is 0.195. The van der Waals surface area contributed by atoms with Crippen LogP contribution >= 0.6 is 11.3 Å². The number of hydrogen-bond acceptors (Lipinski definition) is 7. The molecule has 0 aliphatic carbocycles. The summed E-state index contributed by atoms with van der Waals surface area (Å²) in [5, 5.41) is 4.31. The first kappa shape index (κ1) is 28.7. The maximum absolute atomic E-state index is 13.5. The van der Waals surface area contributed by atoms with Gasteiger partial charge in [-0.2, -0.15) is 4.31 Å². The number of nitrogens with zero attached hydrogens (tertiary/aromatic N) is 3. The number of sulfonamides is 1. The average molecular weight is 613 g/mol. The minimum atomic E-state index is -3.66. The normalized spacial score (nSPS) is 13.3. The van der Waals surface area contributed by atoms with Crippen molar-refractivity contribution in [2.75, 3.05) is 23.3 Å². The van der Waals surface area contributed by atoms with E-state index in [9.17, 15) is 22.8 Å². The van der Waals surface area contributed by atoms with Gasteiger partial charge in [-0.15, -0.1) is 0 Å². The van der Waals surface area contributed by atoms with Crippen LogP contribution in [0.25, 0.3) is 21.0 Å². The van der Waals surface area contributed by atoms with Gasteiger partial charge in [0.25, 0.3) is 17.7 Å². The largest absolute Gasteiger partial charge is 0.298 e. The predicted octanol–water partition coefficient (Wildman–Crippen LogP) is 6.31. The molecule has 0 bridgehead atoms. The van der Waals surface area contributed by atoms with Gasteiger partial charge in [-0.05, 0) is 60.7 Å². The molecule has 1 aliphatic heterocycles. The van der Waals surface area contributed by atoms with Crippen molar-refractivity contribution >= 4 is 70.9 Å². The fourth-order valence-electron chi connectivity index (χ4n) is 5.37. The van der Waals surface area contributed by atoms with E-state index in [0.29, 0.717) is 74.4 Å². The maximum Gasteiger partial charge on any atom is 0.266 e. The Hall–Kier alpha value is -4.45. The van der Waals surface area contributed by atoms with Gasteiger partial charge in [0.15, 0.2) is 5.13 Å². The highest BCUT2D eigenvalue weighted by Gasteiger charge is 2.37. The molecule has 0 saturated heterocycles. The molecular weight excluding hydrogens is 585 g/mol. The standard InChI is InChI=1S/C32H28N4O5S2/c1-3-17-35(18-4-2)43(40,41)20-13-15-26-28(19-20)42-32(33-26)34-29(37)23-14-16-27(22-10-6-5-9-21(22)23)36-30(38)24-11-7-8-12-25(24)31(36)39/h5-16,19H,3-4,17-18H2,1-2H3,(H,33,34,37). The number of imide groups is 1. The van der Waals surface area contributed by atoms with Gasteiger partial charge in [0.05, 0.1) is 31.9 Å². The predicted molar refractivity (Wildman–Crippen MR) is 168 cm³/mol. The third-order valence-electron chi connectivity index (χ3n) is 7.34. The van der Waals surface area contributed by atoms with Crippen LogP contribution in [0.5, 0.6) is 0 Å². The highest BCUT2D eigenvalue weighted by molar-refractivity contribution is 7.89. The van der Waals surface area contributed by atoms with Crippen LogP contribution in [0.4, 0.5) is 10.8 Å². The lowest BCUT2D eigenvalue weighted by molar-refractivity contribution is 0.0925. The Kier molecular flexibility index (Phi) is 7.55. The summed E-state index contributed by atoms with van der Waals surface area (Å²) >= 11 is 1.19. The molecule has 0 unspecified atom stereocenters. The molecule has 0 radical (unpaired) electrons. The Bertz CT molecular complexity index is 2000. The Balaban J connectivity index is 1.30. The van der Waals surface area contributed by atoms with Gasteiger partial charge in [-0.25, -0.2) is 18.3 Å². The summed E-state index contributed by atoms with van der Waals surface area (Å²) in [6.07, 6.45) is 1.43. The minimum absolute atomic E-state index is 0.193. The highest BCUT2D eigenvalue weighted by Crippen LogP contribution is 2.36. The van der Waals surface area contributed by atoms with Crippen LogP contribution in [0.1, 0.15) is 57.8 Å². The molecule has 5 aromatic rings. The van der Waals surface area contributed by atoms with Gasteiger partial charge < -0.3 is 0 Å². The number of nitrogens with one attached hydrogen (secondary N) is 1. The molecule has 6 rings (SSSR count). The van der Waals surface area contributed by atoms with Gasteiger partial charge in [0.1, 0.15) is 0 Å². The first-order chi connectivity index (χ1) is 20.7. The molecule has 2 heterocycles. The first-order valence-corrected chi connectivity index (χ1v) is 16.2. The van der Waals surface area contributed by atoms with Crippen molar-refractivity contribution in [2.24, 2.45) is 0 Å². The molecule has 1 aromatic heterocycles. The van der Waals surface area contributed by atoms with Gasteiger partial charge in [-0.1, -0.05) is 61.6 Å². The summed E-state index contributed by atoms with van der Waals surface area (Å²) in [4.78, 5) is 45.7. The Labute approximate surface area is 252 Å². The zero-order valence-corrected chi connectivity index (χ0v) is 25.2. The van der Waals surface area contributed by atoms with Crippen LogP contribution in [0.3, 0.4) is 0 Å². The van der Waals surface area contributed by atoms with E-state index in [-0.39, 0.29) is 4.90 Å². The van der Waals surface area contributed by atoms with Crippen molar-refractivity contribution in [3.05, 3.63) is 95.6 Å². The molecule has 9 nitrogen and oxygen atoms in total. The van der Waals surface area contributed by atoms with Crippen molar-refractivity contribution < 1.29 is 22.8 Å². The number of amides is 3. The van der Waals surface area contributed by atoms with E-state index in [2.05, 4.69) is 10.3 Å². The summed E-state index contributed by atoms with van der Waals surface area (Å²) < 4.78 is 28.7. The summed E-state index contributed by atoms with van der Waals surface area (Å²) in [6, 6.07) is 21.8. The molecule has 0 saturated carbocycles. The second-order valence-corrected chi connectivity index (χ2v) is 13.1. The number of fused-ring (bicyclic) bond motifs is 3. The van der Waals surface area contributed by atoms with Crippen LogP contribution in [0.15, 0.2) is 83.8 Å². The smallest absolute Gasteiger partial charge is 0.266 e. The topological polar surface area (TPSA) is 117 Å². The lowest BCUT2D eigenvalue weighted by atomic mass is 10.0. The third kappa shape index (κ3) is 4.99. The van der Waals surface area contributed by atoms with Crippen molar-refractivity contribution in [1.82, 2.24) is 9.29 Å². The van der Waals surface area contributed by atoms with Crippen LogP contribution in [0.2, 0.25) is 0 Å². The lowest BCUT2D eigenvalue weighted by Crippen LogP contribution is -2.32. The van der Waals surface area contributed by atoms with Crippen molar-refractivity contribution in [2.45, 2.75) is 31.6 Å². The number of carbonyl (C=O) groups is 3. The fraction of sp³-hybridized carbons (Fsp3) is 0.188. The highest BCUT2D eigenvalue weighted by atomic mass is 32.2. The number of hydrogen-bond donors (Lipinski definition) is 1. The van der Waals surface area contributed by atoms with E-state index in [1.807, 2.05) is 13.8 Å².